The number of methoxy groups -OCH3 is 1. The molecule has 0 fully saturated rings. The lowest BCUT2D eigenvalue weighted by molar-refractivity contribution is -0.152. The predicted molar refractivity (Wildman–Crippen MR) is 139 cm³/mol. The maximum atomic E-state index is 12.3. The Morgan fingerprint density at radius 3 is 2.31 bits per heavy atom. The lowest BCUT2D eigenvalue weighted by Crippen LogP contribution is -2.33. The van der Waals surface area contributed by atoms with Gasteiger partial charge < -0.3 is 18.6 Å². The Labute approximate surface area is 209 Å². The van der Waals surface area contributed by atoms with E-state index in [1.54, 1.807) is 12.1 Å². The molecule has 190 valence electrons. The van der Waals surface area contributed by atoms with Gasteiger partial charge in [-0.05, 0) is 35.7 Å². The van der Waals surface area contributed by atoms with E-state index in [2.05, 4.69) is 0 Å². The number of ether oxygens (including phenoxy) is 3. The molecule has 0 unspecified atom stereocenters. The second-order valence-corrected chi connectivity index (χ2v) is 7.58. The van der Waals surface area contributed by atoms with Crippen LogP contribution in [-0.4, -0.2) is 25.8 Å². The number of rotatable bonds is 8. The van der Waals surface area contributed by atoms with E-state index in [1.165, 1.54) is 13.2 Å². The van der Waals surface area contributed by atoms with Crippen LogP contribution in [0.4, 0.5) is 4.70 Å². The van der Waals surface area contributed by atoms with Gasteiger partial charge in [-0.15, -0.1) is 0 Å². The first kappa shape index (κ1) is 28.3. The smallest absolute Gasteiger partial charge is 0.349 e. The summed E-state index contributed by atoms with van der Waals surface area (Å²) in [6.45, 7) is 6.33. The fourth-order valence-corrected chi connectivity index (χ4v) is 3.62. The molecule has 6 nitrogen and oxygen atoms in total. The Hall–Kier alpha value is -3.97. The molecule has 4 rings (SSSR count). The van der Waals surface area contributed by atoms with Crippen LogP contribution in [0.2, 0.25) is 0 Å². The summed E-state index contributed by atoms with van der Waals surface area (Å²) < 4.78 is 21.8. The minimum Gasteiger partial charge on any atom is -0.476 e. The number of esters is 1. The van der Waals surface area contributed by atoms with Crippen LogP contribution in [0.5, 0.6) is 5.75 Å². The second-order valence-electron chi connectivity index (χ2n) is 7.58. The van der Waals surface area contributed by atoms with E-state index in [0.29, 0.717) is 17.9 Å². The molecule has 36 heavy (non-hydrogen) atoms. The SMILES string of the molecule is CC.COC(=O)[C@H](COCc1ccccc1)Oc1ccc2c(-c3ccccc3C)cc(=O)oc2c1.F. The maximum Gasteiger partial charge on any atom is 0.349 e. The number of aryl methyl sites for hydroxylation is 1. The summed E-state index contributed by atoms with van der Waals surface area (Å²) in [6, 6.07) is 24.1. The van der Waals surface area contributed by atoms with Crippen molar-refractivity contribution in [2.45, 2.75) is 33.5 Å². The quantitative estimate of drug-likeness (QED) is 0.218. The fourth-order valence-electron chi connectivity index (χ4n) is 3.62. The van der Waals surface area contributed by atoms with Gasteiger partial charge in [-0.25, -0.2) is 9.59 Å². The molecule has 1 aromatic heterocycles. The van der Waals surface area contributed by atoms with Crippen LogP contribution in [-0.2, 0) is 20.9 Å². The number of hydrogen-bond acceptors (Lipinski definition) is 6. The number of halogens is 1. The summed E-state index contributed by atoms with van der Waals surface area (Å²) >= 11 is 0. The van der Waals surface area contributed by atoms with Gasteiger partial charge in [0.25, 0.3) is 0 Å². The van der Waals surface area contributed by atoms with Crippen LogP contribution < -0.4 is 10.4 Å². The van der Waals surface area contributed by atoms with Crippen LogP contribution in [0.3, 0.4) is 0 Å². The molecular formula is C29H31FO6. The minimum atomic E-state index is -0.970. The van der Waals surface area contributed by atoms with Crippen molar-refractivity contribution in [3.05, 3.63) is 100 Å². The molecule has 0 saturated carbocycles. The standard InChI is InChI=1S/C27H24O6.C2H6.FH/c1-18-8-6-7-11-21(18)23-15-26(28)33-24-14-20(12-13-22(23)24)32-25(27(29)30-2)17-31-16-19-9-4-3-5-10-19;1-2;/h3-15,25H,16-17H2,1-2H3;1-2H3;1H/t25-;;/m0../s1. The second kappa shape index (κ2) is 13.8. The molecule has 0 aliphatic rings. The normalized spacial score (nSPS) is 11.0. The Kier molecular flexibility index (Phi) is 10.8. The zero-order valence-corrected chi connectivity index (χ0v) is 20.9. The minimum absolute atomic E-state index is 0. The average Bonchev–Trinajstić information content (AvgIpc) is 2.89. The lowest BCUT2D eigenvalue weighted by Gasteiger charge is -2.17. The number of fused-ring (bicyclic) bond motifs is 1. The summed E-state index contributed by atoms with van der Waals surface area (Å²) in [4.78, 5) is 24.5. The van der Waals surface area contributed by atoms with Crippen LogP contribution in [0, 0.1) is 6.92 Å². The van der Waals surface area contributed by atoms with Crippen molar-refractivity contribution in [1.82, 2.24) is 0 Å². The molecule has 0 aliphatic heterocycles. The summed E-state index contributed by atoms with van der Waals surface area (Å²) in [5.41, 5.74) is 3.66. The van der Waals surface area contributed by atoms with E-state index in [9.17, 15) is 9.59 Å². The zero-order chi connectivity index (χ0) is 25.2. The van der Waals surface area contributed by atoms with Crippen molar-refractivity contribution in [2.24, 2.45) is 0 Å². The molecular weight excluding hydrogens is 463 g/mol. The Bertz CT molecular complexity index is 1320. The molecule has 0 saturated heterocycles. The van der Waals surface area contributed by atoms with Gasteiger partial charge in [0.2, 0.25) is 6.10 Å². The third kappa shape index (κ3) is 7.02. The molecule has 0 radical (unpaired) electrons. The van der Waals surface area contributed by atoms with Crippen molar-refractivity contribution in [3.63, 3.8) is 0 Å². The van der Waals surface area contributed by atoms with Crippen molar-refractivity contribution in [3.8, 4) is 16.9 Å². The summed E-state index contributed by atoms with van der Waals surface area (Å²) in [5.74, 6) is -0.190. The van der Waals surface area contributed by atoms with E-state index in [-0.39, 0.29) is 11.3 Å². The highest BCUT2D eigenvalue weighted by Crippen LogP contribution is 2.31. The highest BCUT2D eigenvalue weighted by Gasteiger charge is 2.22. The molecule has 1 atom stereocenters. The summed E-state index contributed by atoms with van der Waals surface area (Å²) in [7, 11) is 1.30. The third-order valence-electron chi connectivity index (χ3n) is 5.27. The first-order chi connectivity index (χ1) is 17.0. The fraction of sp³-hybridized carbons (Fsp3) is 0.241. The van der Waals surface area contributed by atoms with Gasteiger partial charge in [-0.2, -0.15) is 0 Å². The Morgan fingerprint density at radius 1 is 0.917 bits per heavy atom. The monoisotopic (exact) mass is 494 g/mol. The van der Waals surface area contributed by atoms with Crippen molar-refractivity contribution in [1.29, 1.82) is 0 Å². The molecule has 0 spiro atoms. The molecule has 0 N–H and O–H groups in total. The van der Waals surface area contributed by atoms with Gasteiger partial charge in [0.1, 0.15) is 11.3 Å². The van der Waals surface area contributed by atoms with E-state index < -0.39 is 17.7 Å². The highest BCUT2D eigenvalue weighted by atomic mass is 19.0. The van der Waals surface area contributed by atoms with Crippen molar-refractivity contribution < 1.29 is 28.1 Å². The molecule has 4 aromatic rings. The number of carbonyl (C=O) groups excluding carboxylic acids is 1. The predicted octanol–water partition coefficient (Wildman–Crippen LogP) is 6.08. The first-order valence-corrected chi connectivity index (χ1v) is 11.5. The van der Waals surface area contributed by atoms with E-state index in [0.717, 1.165) is 27.6 Å². The lowest BCUT2D eigenvalue weighted by atomic mass is 9.98. The Balaban J connectivity index is 0.00000148. The van der Waals surface area contributed by atoms with Gasteiger partial charge >= 0.3 is 11.6 Å². The highest BCUT2D eigenvalue weighted by molar-refractivity contribution is 5.94. The molecule has 3 aromatic carbocycles. The zero-order valence-electron chi connectivity index (χ0n) is 20.9. The van der Waals surface area contributed by atoms with Crippen LogP contribution in [0.15, 0.2) is 88.1 Å². The van der Waals surface area contributed by atoms with Crippen molar-refractivity contribution in [2.75, 3.05) is 13.7 Å². The van der Waals surface area contributed by atoms with Gasteiger partial charge in [-0.1, -0.05) is 68.4 Å². The molecule has 1 heterocycles. The molecule has 0 amide bonds. The van der Waals surface area contributed by atoms with E-state index in [1.807, 2.05) is 81.4 Å². The topological polar surface area (TPSA) is 75.0 Å². The molecule has 0 aliphatic carbocycles. The van der Waals surface area contributed by atoms with Crippen molar-refractivity contribution >= 4 is 16.9 Å². The summed E-state index contributed by atoms with van der Waals surface area (Å²) in [6.07, 6.45) is -0.970. The number of hydrogen-bond donors (Lipinski definition) is 0. The van der Waals surface area contributed by atoms with E-state index >= 15 is 0 Å². The van der Waals surface area contributed by atoms with Gasteiger partial charge in [-0.3, -0.25) is 4.70 Å². The maximum absolute atomic E-state index is 12.3. The molecule has 0 bridgehead atoms. The first-order valence-electron chi connectivity index (χ1n) is 11.5. The van der Waals surface area contributed by atoms with Crippen LogP contribution in [0.25, 0.3) is 22.1 Å². The summed E-state index contributed by atoms with van der Waals surface area (Å²) in [5, 5.41) is 0.770. The molecule has 7 heteroatoms. The van der Waals surface area contributed by atoms with Crippen LogP contribution >= 0.6 is 0 Å². The largest absolute Gasteiger partial charge is 0.476 e. The van der Waals surface area contributed by atoms with Crippen LogP contribution in [0.1, 0.15) is 25.0 Å². The average molecular weight is 495 g/mol. The number of carbonyl (C=O) groups is 1. The van der Waals surface area contributed by atoms with Gasteiger partial charge in [0, 0.05) is 23.1 Å². The Morgan fingerprint density at radius 2 is 1.61 bits per heavy atom. The van der Waals surface area contributed by atoms with Gasteiger partial charge in [0.05, 0.1) is 20.3 Å². The van der Waals surface area contributed by atoms with Gasteiger partial charge in [0.15, 0.2) is 0 Å². The number of benzene rings is 3. The van der Waals surface area contributed by atoms with E-state index in [4.69, 9.17) is 18.6 Å². The third-order valence-corrected chi connectivity index (χ3v) is 5.27.